The van der Waals surface area contributed by atoms with Crippen LogP contribution in [0.15, 0.2) is 71.6 Å². The first-order valence-electron chi connectivity index (χ1n) is 13.6. The molecule has 0 heterocycles. The average Bonchev–Trinajstić information content (AvgIpc) is 2.98. The molecule has 2 atom stereocenters. The predicted octanol–water partition coefficient (Wildman–Crippen LogP) is 5.19. The molecule has 2 amide bonds. The highest BCUT2D eigenvalue weighted by atomic mass is 35.5. The van der Waals surface area contributed by atoms with E-state index < -0.39 is 28.5 Å². The van der Waals surface area contributed by atoms with Gasteiger partial charge < -0.3 is 19.7 Å². The van der Waals surface area contributed by atoms with Crippen LogP contribution < -0.4 is 19.1 Å². The molecule has 42 heavy (non-hydrogen) atoms. The fraction of sp³-hybridized carbons (Fsp3) is 0.355. The van der Waals surface area contributed by atoms with Gasteiger partial charge in [0.15, 0.2) is 11.5 Å². The highest BCUT2D eigenvalue weighted by Crippen LogP contribution is 2.32. The zero-order valence-electron chi connectivity index (χ0n) is 24.8. The van der Waals surface area contributed by atoms with Gasteiger partial charge in [0.05, 0.1) is 24.8 Å². The molecule has 0 unspecified atom stereocenters. The topological polar surface area (TPSA) is 105 Å². The molecule has 0 spiro atoms. The lowest BCUT2D eigenvalue weighted by Crippen LogP contribution is -2.52. The number of hydrogen-bond donors (Lipinski definition) is 1. The van der Waals surface area contributed by atoms with Crippen molar-refractivity contribution in [3.05, 3.63) is 82.9 Å². The van der Waals surface area contributed by atoms with Crippen molar-refractivity contribution in [2.75, 3.05) is 25.1 Å². The van der Waals surface area contributed by atoms with Crippen LogP contribution in [0.5, 0.6) is 11.5 Å². The maximum atomic E-state index is 14.1. The van der Waals surface area contributed by atoms with Gasteiger partial charge in [0, 0.05) is 23.7 Å². The summed E-state index contributed by atoms with van der Waals surface area (Å²) in [7, 11) is -1.41. The van der Waals surface area contributed by atoms with E-state index in [9.17, 15) is 18.0 Å². The lowest BCUT2D eigenvalue weighted by molar-refractivity contribution is -0.139. The summed E-state index contributed by atoms with van der Waals surface area (Å²) in [6, 6.07) is 17.0. The van der Waals surface area contributed by atoms with Crippen LogP contribution in [0.3, 0.4) is 0 Å². The zero-order chi connectivity index (χ0) is 31.0. The third-order valence-corrected chi connectivity index (χ3v) is 9.15. The van der Waals surface area contributed by atoms with E-state index in [4.69, 9.17) is 21.1 Å². The number of carbonyl (C=O) groups excluding carboxylic acids is 2. The Hall–Kier alpha value is -3.76. The summed E-state index contributed by atoms with van der Waals surface area (Å²) in [4.78, 5) is 28.5. The molecule has 0 fully saturated rings. The van der Waals surface area contributed by atoms with Gasteiger partial charge >= 0.3 is 0 Å². The van der Waals surface area contributed by atoms with Crippen molar-refractivity contribution in [3.8, 4) is 11.5 Å². The highest BCUT2D eigenvalue weighted by Gasteiger charge is 2.33. The Kier molecular flexibility index (Phi) is 11.2. The van der Waals surface area contributed by atoms with Crippen molar-refractivity contribution < 1.29 is 27.5 Å². The Balaban J connectivity index is 2.07. The minimum absolute atomic E-state index is 0.00570. The number of anilines is 1. The van der Waals surface area contributed by atoms with Gasteiger partial charge in [0.2, 0.25) is 11.8 Å². The van der Waals surface area contributed by atoms with Crippen LogP contribution in [-0.2, 0) is 26.2 Å². The molecule has 226 valence electrons. The van der Waals surface area contributed by atoms with Crippen molar-refractivity contribution in [3.63, 3.8) is 0 Å². The van der Waals surface area contributed by atoms with Gasteiger partial charge in [0.25, 0.3) is 10.0 Å². The van der Waals surface area contributed by atoms with E-state index in [0.29, 0.717) is 22.8 Å². The van der Waals surface area contributed by atoms with Crippen molar-refractivity contribution in [2.24, 2.45) is 0 Å². The van der Waals surface area contributed by atoms with Crippen LogP contribution in [0.1, 0.15) is 38.3 Å². The number of ether oxygens (including phenoxy) is 2. The molecule has 0 aromatic heterocycles. The van der Waals surface area contributed by atoms with Gasteiger partial charge in [-0.15, -0.1) is 0 Å². The Morgan fingerprint density at radius 2 is 1.60 bits per heavy atom. The second kappa shape index (κ2) is 14.4. The Morgan fingerprint density at radius 3 is 2.19 bits per heavy atom. The van der Waals surface area contributed by atoms with Crippen LogP contribution in [0.4, 0.5) is 5.69 Å². The molecule has 0 aliphatic rings. The van der Waals surface area contributed by atoms with Crippen LogP contribution in [0, 0.1) is 6.92 Å². The SMILES string of the molecule is CC[C@@H](C)NC(=O)[C@@H](C)N(Cc1ccccc1Cl)C(=O)CN(c1ccc(C)cc1)S(=O)(=O)c1ccc(OC)c(OC)c1. The maximum absolute atomic E-state index is 14.1. The van der Waals surface area contributed by atoms with Gasteiger partial charge in [-0.2, -0.15) is 0 Å². The molecule has 3 aromatic carbocycles. The summed E-state index contributed by atoms with van der Waals surface area (Å²) in [5.74, 6) is -0.341. The Labute approximate surface area is 253 Å². The third-order valence-electron chi connectivity index (χ3n) is 7.01. The monoisotopic (exact) mass is 615 g/mol. The largest absolute Gasteiger partial charge is 0.493 e. The highest BCUT2D eigenvalue weighted by molar-refractivity contribution is 7.92. The number of benzene rings is 3. The summed E-state index contributed by atoms with van der Waals surface area (Å²) < 4.78 is 39.8. The number of rotatable bonds is 13. The Morgan fingerprint density at radius 1 is 0.952 bits per heavy atom. The maximum Gasteiger partial charge on any atom is 0.264 e. The molecule has 11 heteroatoms. The first-order chi connectivity index (χ1) is 19.9. The van der Waals surface area contributed by atoms with E-state index in [-0.39, 0.29) is 34.8 Å². The minimum atomic E-state index is -4.28. The number of amides is 2. The molecule has 0 radical (unpaired) electrons. The molecule has 0 saturated carbocycles. The number of carbonyl (C=O) groups is 2. The fourth-order valence-corrected chi connectivity index (χ4v) is 5.83. The first kappa shape index (κ1) is 32.8. The molecule has 0 aliphatic carbocycles. The molecular weight excluding hydrogens is 578 g/mol. The van der Waals surface area contributed by atoms with Crippen LogP contribution in [0.2, 0.25) is 5.02 Å². The van der Waals surface area contributed by atoms with Crippen molar-refractivity contribution in [1.29, 1.82) is 0 Å². The van der Waals surface area contributed by atoms with Crippen LogP contribution in [-0.4, -0.2) is 58.0 Å². The number of hydrogen-bond acceptors (Lipinski definition) is 6. The van der Waals surface area contributed by atoms with Crippen molar-refractivity contribution in [1.82, 2.24) is 10.2 Å². The number of nitrogens with zero attached hydrogens (tertiary/aromatic N) is 2. The summed E-state index contributed by atoms with van der Waals surface area (Å²) in [5.41, 5.74) is 1.84. The molecule has 0 aliphatic heterocycles. The summed E-state index contributed by atoms with van der Waals surface area (Å²) in [6.45, 7) is 6.76. The van der Waals surface area contributed by atoms with E-state index in [1.165, 1.54) is 37.3 Å². The number of halogens is 1. The quantitative estimate of drug-likeness (QED) is 0.284. The van der Waals surface area contributed by atoms with E-state index in [1.807, 2.05) is 20.8 Å². The van der Waals surface area contributed by atoms with Gasteiger partial charge in [-0.25, -0.2) is 8.42 Å². The zero-order valence-corrected chi connectivity index (χ0v) is 26.3. The predicted molar refractivity (Wildman–Crippen MR) is 165 cm³/mol. The van der Waals surface area contributed by atoms with Gasteiger partial charge in [-0.05, 0) is 63.1 Å². The molecule has 3 aromatic rings. The first-order valence-corrected chi connectivity index (χ1v) is 15.4. The summed E-state index contributed by atoms with van der Waals surface area (Å²) in [5, 5.41) is 3.34. The average molecular weight is 616 g/mol. The van der Waals surface area contributed by atoms with E-state index >= 15 is 0 Å². The second-order valence-electron chi connectivity index (χ2n) is 9.97. The number of nitrogens with one attached hydrogen (secondary N) is 1. The van der Waals surface area contributed by atoms with E-state index in [1.54, 1.807) is 55.5 Å². The van der Waals surface area contributed by atoms with Gasteiger partial charge in [-0.3, -0.25) is 13.9 Å². The minimum Gasteiger partial charge on any atom is -0.493 e. The normalized spacial score (nSPS) is 12.6. The van der Waals surface area contributed by atoms with E-state index in [2.05, 4.69) is 5.32 Å². The van der Waals surface area contributed by atoms with E-state index in [0.717, 1.165) is 9.87 Å². The van der Waals surface area contributed by atoms with Crippen molar-refractivity contribution in [2.45, 2.75) is 57.6 Å². The molecule has 0 bridgehead atoms. The summed E-state index contributed by atoms with van der Waals surface area (Å²) >= 11 is 6.42. The molecule has 3 rings (SSSR count). The van der Waals surface area contributed by atoms with Crippen LogP contribution in [0.25, 0.3) is 0 Å². The lowest BCUT2D eigenvalue weighted by Gasteiger charge is -2.32. The third kappa shape index (κ3) is 7.74. The number of methoxy groups -OCH3 is 2. The molecular formula is C31H38ClN3O6S. The number of aryl methyl sites for hydroxylation is 1. The smallest absolute Gasteiger partial charge is 0.264 e. The fourth-order valence-electron chi connectivity index (χ4n) is 4.20. The standard InChI is InChI=1S/C31H38ClN3O6S/c1-7-22(3)33-31(37)23(4)34(19-24-10-8-9-11-27(24)32)30(36)20-35(25-14-12-21(2)13-15-25)42(38,39)26-16-17-28(40-5)29(18-26)41-6/h8-18,22-23H,7,19-20H2,1-6H3,(H,33,37)/t22-,23-/m1/s1. The van der Waals surface area contributed by atoms with Gasteiger partial charge in [0.1, 0.15) is 12.6 Å². The molecule has 0 saturated heterocycles. The second-order valence-corrected chi connectivity index (χ2v) is 12.2. The summed E-state index contributed by atoms with van der Waals surface area (Å²) in [6.07, 6.45) is 0.710. The van der Waals surface area contributed by atoms with Crippen LogP contribution >= 0.6 is 11.6 Å². The molecule has 1 N–H and O–H groups in total. The van der Waals surface area contributed by atoms with Gasteiger partial charge in [-0.1, -0.05) is 54.4 Å². The lowest BCUT2D eigenvalue weighted by atomic mass is 10.1. The molecule has 9 nitrogen and oxygen atoms in total. The van der Waals surface area contributed by atoms with Crippen molar-refractivity contribution >= 4 is 39.1 Å². The Bertz CT molecular complexity index is 1500. The number of sulfonamides is 1.